The van der Waals surface area contributed by atoms with Crippen molar-refractivity contribution in [2.24, 2.45) is 0 Å². The smallest absolute Gasteiger partial charge is 0.193 e. The second-order valence-electron chi connectivity index (χ2n) is 5.28. The lowest BCUT2D eigenvalue weighted by molar-refractivity contribution is 0.556. The van der Waals surface area contributed by atoms with Gasteiger partial charge in [0.25, 0.3) is 0 Å². The van der Waals surface area contributed by atoms with Gasteiger partial charge in [-0.3, -0.25) is 0 Å². The number of aromatic nitrogens is 2. The van der Waals surface area contributed by atoms with Gasteiger partial charge in [0, 0.05) is 17.8 Å². The zero-order valence-corrected chi connectivity index (χ0v) is 11.2. The molecule has 0 aromatic carbocycles. The Hall–Kier alpha value is -1.36. The Labute approximate surface area is 101 Å². The molecule has 0 saturated carbocycles. The Bertz CT molecular complexity index is 663. The van der Waals surface area contributed by atoms with Gasteiger partial charge in [0.05, 0.1) is 0 Å². The summed E-state index contributed by atoms with van der Waals surface area (Å²) in [6.45, 7) is 5.95. The van der Waals surface area contributed by atoms with Crippen molar-refractivity contribution in [2.75, 3.05) is 6.26 Å². The molecule has 0 radical (unpaired) electrons. The molecule has 1 N–H and O–H groups in total. The number of pyridine rings is 1. The van der Waals surface area contributed by atoms with Crippen molar-refractivity contribution >= 4 is 20.9 Å². The third kappa shape index (κ3) is 2.20. The lowest BCUT2D eigenvalue weighted by Crippen LogP contribution is -2.18. The fourth-order valence-electron chi connectivity index (χ4n) is 1.78. The molecule has 5 heteroatoms. The summed E-state index contributed by atoms with van der Waals surface area (Å²) in [6, 6.07) is 3.79. The second kappa shape index (κ2) is 3.57. The van der Waals surface area contributed by atoms with Crippen LogP contribution in [0.25, 0.3) is 11.0 Å². The summed E-state index contributed by atoms with van der Waals surface area (Å²) in [5, 5.41) is 1.10. The molecule has 0 fully saturated rings. The summed E-state index contributed by atoms with van der Waals surface area (Å²) < 4.78 is 23.6. The minimum absolute atomic E-state index is 0.167. The molecule has 92 valence electrons. The maximum atomic E-state index is 11.8. The van der Waals surface area contributed by atoms with E-state index in [1.165, 1.54) is 6.26 Å². The summed E-state index contributed by atoms with van der Waals surface area (Å²) >= 11 is 0. The van der Waals surface area contributed by atoms with E-state index in [1.54, 1.807) is 6.20 Å². The van der Waals surface area contributed by atoms with Crippen LogP contribution in [-0.4, -0.2) is 24.6 Å². The molecular weight excluding hydrogens is 236 g/mol. The summed E-state index contributed by atoms with van der Waals surface area (Å²) in [7, 11) is -3.32. The molecular formula is C12H16N2O2S. The van der Waals surface area contributed by atoms with Gasteiger partial charge in [0.2, 0.25) is 0 Å². The van der Waals surface area contributed by atoms with Crippen LogP contribution in [0, 0.1) is 0 Å². The number of fused-ring (bicyclic) bond motifs is 1. The number of hydrogen-bond acceptors (Lipinski definition) is 3. The van der Waals surface area contributed by atoms with Crippen molar-refractivity contribution in [1.29, 1.82) is 0 Å². The summed E-state index contributed by atoms with van der Waals surface area (Å²) in [5.41, 5.74) is 1.11. The van der Waals surface area contributed by atoms with Crippen LogP contribution in [0.5, 0.6) is 0 Å². The quantitative estimate of drug-likeness (QED) is 0.846. The topological polar surface area (TPSA) is 62.8 Å². The molecule has 0 aliphatic carbocycles. The maximum Gasteiger partial charge on any atom is 0.193 e. The highest BCUT2D eigenvalue weighted by Crippen LogP contribution is 2.30. The van der Waals surface area contributed by atoms with Crippen LogP contribution in [0.2, 0.25) is 0 Å². The van der Waals surface area contributed by atoms with Crippen LogP contribution in [0.4, 0.5) is 0 Å². The van der Waals surface area contributed by atoms with Gasteiger partial charge < -0.3 is 4.98 Å². The minimum atomic E-state index is -3.32. The number of hydrogen-bond donors (Lipinski definition) is 1. The standard InChI is InChI=1S/C12H16N2O2S/c1-12(2,3)9-7-8-5-6-13-10(8)14-11(9)17(4,15)16/h5-7H,1-4H3,(H,13,14). The molecule has 0 aliphatic heterocycles. The van der Waals surface area contributed by atoms with Crippen molar-refractivity contribution in [3.63, 3.8) is 0 Å². The molecule has 2 rings (SSSR count). The molecule has 4 nitrogen and oxygen atoms in total. The van der Waals surface area contributed by atoms with Crippen molar-refractivity contribution in [3.05, 3.63) is 23.9 Å². The molecule has 0 saturated heterocycles. The first-order valence-electron chi connectivity index (χ1n) is 5.38. The molecule has 0 aliphatic rings. The molecule has 0 spiro atoms. The summed E-state index contributed by atoms with van der Waals surface area (Å²) in [4.78, 5) is 7.16. The zero-order chi connectivity index (χ0) is 12.8. The molecule has 17 heavy (non-hydrogen) atoms. The van der Waals surface area contributed by atoms with E-state index in [9.17, 15) is 8.42 Å². The fourth-order valence-corrected chi connectivity index (χ4v) is 2.81. The predicted molar refractivity (Wildman–Crippen MR) is 67.9 cm³/mol. The van der Waals surface area contributed by atoms with Crippen LogP contribution in [0.3, 0.4) is 0 Å². The normalized spacial score (nSPS) is 13.2. The van der Waals surface area contributed by atoms with E-state index in [4.69, 9.17) is 0 Å². The Kier molecular flexibility index (Phi) is 2.54. The molecule has 2 aromatic rings. The number of rotatable bonds is 1. The Morgan fingerprint density at radius 1 is 1.29 bits per heavy atom. The number of nitrogens with one attached hydrogen (secondary N) is 1. The van der Waals surface area contributed by atoms with Gasteiger partial charge in [-0.1, -0.05) is 20.8 Å². The Balaban J connectivity index is 2.87. The van der Waals surface area contributed by atoms with E-state index in [2.05, 4.69) is 9.97 Å². The highest BCUT2D eigenvalue weighted by molar-refractivity contribution is 7.90. The van der Waals surface area contributed by atoms with E-state index >= 15 is 0 Å². The molecule has 0 amide bonds. The largest absolute Gasteiger partial charge is 0.346 e. The minimum Gasteiger partial charge on any atom is -0.346 e. The molecule has 0 unspecified atom stereocenters. The second-order valence-corrected chi connectivity index (χ2v) is 7.21. The van der Waals surface area contributed by atoms with Gasteiger partial charge in [-0.25, -0.2) is 13.4 Å². The number of H-pyrrole nitrogens is 1. The number of aromatic amines is 1. The summed E-state index contributed by atoms with van der Waals surface area (Å²) in [5.74, 6) is 0. The van der Waals surface area contributed by atoms with E-state index in [1.807, 2.05) is 32.9 Å². The lowest BCUT2D eigenvalue weighted by Gasteiger charge is -2.21. The molecule has 0 bridgehead atoms. The summed E-state index contributed by atoms with van der Waals surface area (Å²) in [6.07, 6.45) is 2.95. The predicted octanol–water partition coefficient (Wildman–Crippen LogP) is 2.26. The van der Waals surface area contributed by atoms with E-state index in [0.29, 0.717) is 5.65 Å². The molecule has 2 aromatic heterocycles. The zero-order valence-electron chi connectivity index (χ0n) is 10.4. The van der Waals surface area contributed by atoms with Gasteiger partial charge in [0.1, 0.15) is 5.65 Å². The number of nitrogens with zero attached hydrogens (tertiary/aromatic N) is 1. The average Bonchev–Trinajstić information content (AvgIpc) is 2.59. The molecule has 0 atom stereocenters. The van der Waals surface area contributed by atoms with Crippen molar-refractivity contribution in [1.82, 2.24) is 9.97 Å². The van der Waals surface area contributed by atoms with Crippen molar-refractivity contribution in [3.8, 4) is 0 Å². The first-order chi connectivity index (χ1) is 7.69. The van der Waals surface area contributed by atoms with Crippen LogP contribution < -0.4 is 0 Å². The maximum absolute atomic E-state index is 11.8. The monoisotopic (exact) mass is 252 g/mol. The molecule has 2 heterocycles. The first-order valence-corrected chi connectivity index (χ1v) is 7.27. The van der Waals surface area contributed by atoms with Gasteiger partial charge in [-0.15, -0.1) is 0 Å². The van der Waals surface area contributed by atoms with Crippen LogP contribution >= 0.6 is 0 Å². The lowest BCUT2D eigenvalue weighted by atomic mass is 9.88. The van der Waals surface area contributed by atoms with Gasteiger partial charge >= 0.3 is 0 Å². The van der Waals surface area contributed by atoms with Crippen LogP contribution in [-0.2, 0) is 15.3 Å². The Morgan fingerprint density at radius 3 is 2.47 bits per heavy atom. The number of sulfone groups is 1. The highest BCUT2D eigenvalue weighted by atomic mass is 32.2. The SMILES string of the molecule is CC(C)(C)c1cc2cc[nH]c2nc1S(C)(=O)=O. The van der Waals surface area contributed by atoms with Crippen molar-refractivity contribution < 1.29 is 8.42 Å². The van der Waals surface area contributed by atoms with Gasteiger partial charge in [-0.2, -0.15) is 0 Å². The van der Waals surface area contributed by atoms with E-state index in [0.717, 1.165) is 10.9 Å². The fraction of sp³-hybridized carbons (Fsp3) is 0.417. The first kappa shape index (κ1) is 12.1. The van der Waals surface area contributed by atoms with Crippen LogP contribution in [0.1, 0.15) is 26.3 Å². The highest BCUT2D eigenvalue weighted by Gasteiger charge is 2.25. The Morgan fingerprint density at radius 2 is 1.94 bits per heavy atom. The van der Waals surface area contributed by atoms with Crippen LogP contribution in [0.15, 0.2) is 23.4 Å². The van der Waals surface area contributed by atoms with Gasteiger partial charge in [0.15, 0.2) is 14.9 Å². The van der Waals surface area contributed by atoms with E-state index in [-0.39, 0.29) is 10.4 Å². The third-order valence-electron chi connectivity index (χ3n) is 2.66. The average molecular weight is 252 g/mol. The van der Waals surface area contributed by atoms with E-state index < -0.39 is 9.84 Å². The van der Waals surface area contributed by atoms with Gasteiger partial charge in [-0.05, 0) is 23.1 Å². The third-order valence-corrected chi connectivity index (χ3v) is 3.67. The van der Waals surface area contributed by atoms with Crippen molar-refractivity contribution in [2.45, 2.75) is 31.2 Å².